The molecule has 0 saturated carbocycles. The van der Waals surface area contributed by atoms with Gasteiger partial charge in [0.05, 0.1) is 11.0 Å². The van der Waals surface area contributed by atoms with Gasteiger partial charge in [0.2, 0.25) is 0 Å². The molecule has 148 valence electrons. The van der Waals surface area contributed by atoms with Crippen LogP contribution in [0.25, 0.3) is 22.6 Å². The Morgan fingerprint density at radius 1 is 1.04 bits per heavy atom. The smallest absolute Gasteiger partial charge is 0.322 e. The van der Waals surface area contributed by atoms with Gasteiger partial charge in [-0.25, -0.2) is 9.78 Å². The third-order valence-corrected chi connectivity index (χ3v) is 5.21. The Labute approximate surface area is 163 Å². The molecule has 0 aromatic heterocycles. The Kier molecular flexibility index (Phi) is 6.02. The van der Waals surface area contributed by atoms with E-state index in [2.05, 4.69) is 15.0 Å². The number of Topliss-reactive ketones (excluding diaryl/α,β-unsaturated/α-hetero) is 1. The van der Waals surface area contributed by atoms with Crippen LogP contribution in [0.15, 0.2) is 21.7 Å². The van der Waals surface area contributed by atoms with E-state index in [-0.39, 0.29) is 5.69 Å². The number of nitrogens with zero attached hydrogens (tertiary/aromatic N) is 3. The number of unbranched alkanes of at least 4 members (excludes halogenated alkanes) is 3. The van der Waals surface area contributed by atoms with E-state index in [0.717, 1.165) is 47.8 Å². The van der Waals surface area contributed by atoms with Crippen molar-refractivity contribution in [3.05, 3.63) is 44.1 Å². The molecule has 28 heavy (non-hydrogen) atoms. The lowest BCUT2D eigenvalue weighted by molar-refractivity contribution is -0.118. The number of aromatic amines is 1. The number of nitrogens with one attached hydrogen (secondary N) is 1. The molecule has 2 heterocycles. The number of aromatic nitrogens is 4. The second kappa shape index (κ2) is 8.46. The fourth-order valence-corrected chi connectivity index (χ4v) is 3.40. The van der Waals surface area contributed by atoms with Gasteiger partial charge in [0.25, 0.3) is 5.56 Å². The maximum Gasteiger partial charge on any atom is 0.349 e. The predicted molar refractivity (Wildman–Crippen MR) is 109 cm³/mol. The highest BCUT2D eigenvalue weighted by Gasteiger charge is 2.18. The number of benzene rings is 1. The molecule has 0 atom stereocenters. The van der Waals surface area contributed by atoms with Crippen LogP contribution >= 0.6 is 0 Å². The summed E-state index contributed by atoms with van der Waals surface area (Å²) in [5.41, 5.74) is 2.81. The minimum Gasteiger partial charge on any atom is -0.322 e. The second-order valence-electron chi connectivity index (χ2n) is 7.29. The average Bonchev–Trinajstić information content (AvgIpc) is 2.65. The molecule has 3 rings (SSSR count). The van der Waals surface area contributed by atoms with Crippen molar-refractivity contribution in [3.63, 3.8) is 0 Å². The summed E-state index contributed by atoms with van der Waals surface area (Å²) < 4.78 is 1.93. The van der Waals surface area contributed by atoms with Crippen molar-refractivity contribution in [2.24, 2.45) is 0 Å². The topological polar surface area (TPSA) is 97.7 Å². The molecule has 0 bridgehead atoms. The molecule has 1 aromatic carbocycles. The fourth-order valence-electron chi connectivity index (χ4n) is 3.40. The second-order valence-corrected chi connectivity index (χ2v) is 7.29. The predicted octanol–water partition coefficient (Wildman–Crippen LogP) is 3.13. The van der Waals surface area contributed by atoms with Gasteiger partial charge >= 0.3 is 5.69 Å². The third-order valence-electron chi connectivity index (χ3n) is 5.21. The average molecular weight is 382 g/mol. The molecule has 0 saturated heterocycles. The molecule has 0 aliphatic carbocycles. The number of carbonyl (C=O) groups is 1. The van der Waals surface area contributed by atoms with E-state index < -0.39 is 11.2 Å². The lowest BCUT2D eigenvalue weighted by Gasteiger charge is -2.17. The zero-order valence-corrected chi connectivity index (χ0v) is 16.7. The van der Waals surface area contributed by atoms with E-state index in [9.17, 15) is 14.4 Å². The Bertz CT molecular complexity index is 1100. The molecule has 7 heteroatoms. The number of aryl methyl sites for hydroxylation is 3. The van der Waals surface area contributed by atoms with Crippen molar-refractivity contribution in [2.45, 2.75) is 65.8 Å². The highest BCUT2D eigenvalue weighted by atomic mass is 16.2. The number of H-pyrrole nitrogens is 1. The first-order valence-electron chi connectivity index (χ1n) is 9.84. The van der Waals surface area contributed by atoms with E-state index in [1.807, 2.05) is 37.5 Å². The van der Waals surface area contributed by atoms with Gasteiger partial charge in [0.15, 0.2) is 11.5 Å². The van der Waals surface area contributed by atoms with Crippen LogP contribution in [0, 0.1) is 13.8 Å². The van der Waals surface area contributed by atoms with Crippen LogP contribution in [0.2, 0.25) is 0 Å². The van der Waals surface area contributed by atoms with Gasteiger partial charge in [-0.15, -0.1) is 0 Å². The van der Waals surface area contributed by atoms with Crippen LogP contribution in [0.4, 0.5) is 0 Å². The molecule has 1 N–H and O–H groups in total. The number of hydrogen-bond acceptors (Lipinski definition) is 5. The molecule has 0 unspecified atom stereocenters. The van der Waals surface area contributed by atoms with Crippen LogP contribution in [-0.2, 0) is 11.3 Å². The Morgan fingerprint density at radius 3 is 2.50 bits per heavy atom. The van der Waals surface area contributed by atoms with Gasteiger partial charge in [-0.2, -0.15) is 4.98 Å². The van der Waals surface area contributed by atoms with E-state index in [1.54, 1.807) is 0 Å². The molecule has 0 spiro atoms. The van der Waals surface area contributed by atoms with Gasteiger partial charge in [-0.3, -0.25) is 14.6 Å². The molecule has 2 aliphatic rings. The molecule has 1 aromatic rings. The zero-order valence-electron chi connectivity index (χ0n) is 16.7. The highest BCUT2D eigenvalue weighted by molar-refractivity contribution is 5.81. The minimum absolute atomic E-state index is 0.184. The summed E-state index contributed by atoms with van der Waals surface area (Å²) in [4.78, 5) is 46.1. The van der Waals surface area contributed by atoms with E-state index >= 15 is 0 Å². The van der Waals surface area contributed by atoms with Crippen LogP contribution in [-0.4, -0.2) is 25.3 Å². The first kappa shape index (κ1) is 19.9. The quantitative estimate of drug-likeness (QED) is 0.477. The first-order chi connectivity index (χ1) is 13.4. The monoisotopic (exact) mass is 382 g/mol. The van der Waals surface area contributed by atoms with Crippen molar-refractivity contribution >= 4 is 16.8 Å². The molecular weight excluding hydrogens is 356 g/mol. The molecule has 0 fully saturated rings. The van der Waals surface area contributed by atoms with Crippen molar-refractivity contribution in [1.29, 1.82) is 0 Å². The third kappa shape index (κ3) is 4.18. The van der Waals surface area contributed by atoms with Crippen molar-refractivity contribution in [3.8, 4) is 11.5 Å². The maximum absolute atomic E-state index is 12.3. The van der Waals surface area contributed by atoms with Crippen LogP contribution in [0.1, 0.15) is 56.6 Å². The first-order valence-corrected chi connectivity index (χ1v) is 9.84. The standard InChI is InChI=1S/C21H26N4O3/c1-4-15(26)9-7-5-6-8-10-25-17-12-14(3)13(2)11-16(17)22-18-19(25)23-21(28)24-20(18)27/h11-12H,4-10H2,1-3H3,(H,24,27,28). The molecular formula is C21H26N4O3. The highest BCUT2D eigenvalue weighted by Crippen LogP contribution is 2.24. The van der Waals surface area contributed by atoms with Gasteiger partial charge in [-0.1, -0.05) is 19.8 Å². The largest absolute Gasteiger partial charge is 0.349 e. The van der Waals surface area contributed by atoms with E-state index in [4.69, 9.17) is 0 Å². The summed E-state index contributed by atoms with van der Waals surface area (Å²) in [7, 11) is 0. The lowest BCUT2D eigenvalue weighted by Crippen LogP contribution is -2.29. The Hall–Kier alpha value is -2.83. The lowest BCUT2D eigenvalue weighted by atomic mass is 10.1. The van der Waals surface area contributed by atoms with Crippen LogP contribution in [0.5, 0.6) is 0 Å². The number of carbonyl (C=O) groups excluding carboxylic acids is 1. The summed E-state index contributed by atoms with van der Waals surface area (Å²) >= 11 is 0. The summed E-state index contributed by atoms with van der Waals surface area (Å²) in [6.07, 6.45) is 4.95. The molecule has 2 aliphatic heterocycles. The SMILES string of the molecule is CCC(=O)CCCCCCn1c2nc(=O)[nH]c(=O)c-2nc2cc(C)c(C)cc21. The van der Waals surface area contributed by atoms with Gasteiger partial charge in [0.1, 0.15) is 5.78 Å². The number of ketones is 1. The van der Waals surface area contributed by atoms with Gasteiger partial charge in [0, 0.05) is 19.4 Å². The van der Waals surface area contributed by atoms with Crippen LogP contribution in [0.3, 0.4) is 0 Å². The van der Waals surface area contributed by atoms with Gasteiger partial charge in [-0.05, 0) is 49.9 Å². The molecule has 0 amide bonds. The Balaban J connectivity index is 1.92. The summed E-state index contributed by atoms with van der Waals surface area (Å²) in [6, 6.07) is 3.99. The Morgan fingerprint density at radius 2 is 1.75 bits per heavy atom. The summed E-state index contributed by atoms with van der Waals surface area (Å²) in [5, 5.41) is 0. The summed E-state index contributed by atoms with van der Waals surface area (Å²) in [6.45, 7) is 6.56. The van der Waals surface area contributed by atoms with E-state index in [1.165, 1.54) is 0 Å². The van der Waals surface area contributed by atoms with Crippen molar-refractivity contribution < 1.29 is 4.79 Å². The number of hydrogen-bond donors (Lipinski definition) is 1. The normalized spacial score (nSPS) is 11.4. The number of fused-ring (bicyclic) bond motifs is 2. The maximum atomic E-state index is 12.3. The van der Waals surface area contributed by atoms with Crippen molar-refractivity contribution in [2.75, 3.05) is 0 Å². The van der Waals surface area contributed by atoms with E-state index in [0.29, 0.717) is 31.0 Å². The molecule has 7 nitrogen and oxygen atoms in total. The summed E-state index contributed by atoms with van der Waals surface area (Å²) in [5.74, 6) is 0.628. The van der Waals surface area contributed by atoms with Gasteiger partial charge < -0.3 is 4.57 Å². The van der Waals surface area contributed by atoms with Crippen LogP contribution < -0.4 is 11.2 Å². The number of rotatable bonds is 8. The molecule has 0 radical (unpaired) electrons. The minimum atomic E-state index is -0.658. The zero-order chi connectivity index (χ0) is 20.3. The van der Waals surface area contributed by atoms with Crippen molar-refractivity contribution in [1.82, 2.24) is 19.5 Å². The fraction of sp³-hybridized carbons (Fsp3) is 0.476.